The molecule has 2 N–H and O–H groups in total. The van der Waals surface area contributed by atoms with E-state index in [9.17, 15) is 0 Å². The lowest BCUT2D eigenvalue weighted by Crippen LogP contribution is -2.43. The van der Waals surface area contributed by atoms with E-state index in [-0.39, 0.29) is 5.60 Å². The van der Waals surface area contributed by atoms with Gasteiger partial charge in [-0.3, -0.25) is 4.90 Å². The lowest BCUT2D eigenvalue weighted by molar-refractivity contribution is 0.0544. The number of nitrogens with two attached hydrogens (primary N) is 1. The molecular weight excluding hydrogens is 268 g/mol. The van der Waals surface area contributed by atoms with E-state index in [0.717, 1.165) is 56.1 Å². The molecule has 0 amide bonds. The average molecular weight is 292 g/mol. The quantitative estimate of drug-likeness (QED) is 0.910. The summed E-state index contributed by atoms with van der Waals surface area (Å²) < 4.78 is 17.1. The fraction of sp³-hybridized carbons (Fsp3) is 0.625. The normalized spacial score (nSPS) is 24.7. The maximum absolute atomic E-state index is 6.38. The molecule has 116 valence electrons. The first-order valence-electron chi connectivity index (χ1n) is 7.56. The monoisotopic (exact) mass is 292 g/mol. The van der Waals surface area contributed by atoms with E-state index >= 15 is 0 Å². The van der Waals surface area contributed by atoms with E-state index in [0.29, 0.717) is 6.54 Å². The number of likely N-dealkylation sites (tertiary alicyclic amines) is 1. The number of rotatable bonds is 4. The molecule has 1 unspecified atom stereocenters. The molecule has 5 heteroatoms. The zero-order valence-electron chi connectivity index (χ0n) is 12.9. The molecule has 1 aromatic rings. The van der Waals surface area contributed by atoms with Gasteiger partial charge in [0.1, 0.15) is 11.4 Å². The molecule has 0 aromatic heterocycles. The van der Waals surface area contributed by atoms with Crippen LogP contribution in [0.4, 0.5) is 0 Å². The Balaban J connectivity index is 1.82. The van der Waals surface area contributed by atoms with Crippen LogP contribution in [0.2, 0.25) is 0 Å². The smallest absolute Gasteiger partial charge is 0.164 e. The van der Waals surface area contributed by atoms with E-state index in [1.165, 1.54) is 5.56 Å². The summed E-state index contributed by atoms with van der Waals surface area (Å²) in [7, 11) is 3.32. The van der Waals surface area contributed by atoms with Gasteiger partial charge >= 0.3 is 0 Å². The van der Waals surface area contributed by atoms with Crippen molar-refractivity contribution in [1.82, 2.24) is 4.90 Å². The summed E-state index contributed by atoms with van der Waals surface area (Å²) in [6.07, 6.45) is 3.14. The van der Waals surface area contributed by atoms with Gasteiger partial charge in [-0.15, -0.1) is 0 Å². The first-order valence-corrected chi connectivity index (χ1v) is 7.56. The third-order valence-corrected chi connectivity index (χ3v) is 4.58. The van der Waals surface area contributed by atoms with Crippen LogP contribution >= 0.6 is 0 Å². The summed E-state index contributed by atoms with van der Waals surface area (Å²) in [5, 5.41) is 0. The SMILES string of the molecule is COc1cc2c(cc1OC)OC1(CC2)CCN(CCN)C1. The second-order valence-corrected chi connectivity index (χ2v) is 5.91. The topological polar surface area (TPSA) is 57.0 Å². The lowest BCUT2D eigenvalue weighted by Gasteiger charge is -2.36. The number of hydrogen-bond donors (Lipinski definition) is 1. The molecule has 21 heavy (non-hydrogen) atoms. The van der Waals surface area contributed by atoms with Crippen molar-refractivity contribution in [2.45, 2.75) is 24.9 Å². The van der Waals surface area contributed by atoms with Crippen LogP contribution < -0.4 is 19.9 Å². The van der Waals surface area contributed by atoms with Crippen molar-refractivity contribution < 1.29 is 14.2 Å². The molecular formula is C16H24N2O3. The van der Waals surface area contributed by atoms with Crippen molar-refractivity contribution in [3.8, 4) is 17.2 Å². The van der Waals surface area contributed by atoms with E-state index < -0.39 is 0 Å². The molecule has 0 aliphatic carbocycles. The van der Waals surface area contributed by atoms with Crippen molar-refractivity contribution in [3.63, 3.8) is 0 Å². The lowest BCUT2D eigenvalue weighted by atomic mass is 9.90. The van der Waals surface area contributed by atoms with Gasteiger partial charge in [0.15, 0.2) is 11.5 Å². The van der Waals surface area contributed by atoms with Gasteiger partial charge in [0, 0.05) is 38.7 Å². The Morgan fingerprint density at radius 1 is 1.24 bits per heavy atom. The second kappa shape index (κ2) is 5.73. The fourth-order valence-electron chi connectivity index (χ4n) is 3.43. The number of nitrogens with zero attached hydrogens (tertiary/aromatic N) is 1. The molecule has 2 aliphatic rings. The first kappa shape index (κ1) is 14.5. The zero-order chi connectivity index (χ0) is 14.9. The largest absolute Gasteiger partial charge is 0.493 e. The van der Waals surface area contributed by atoms with Gasteiger partial charge in [-0.05, 0) is 24.5 Å². The van der Waals surface area contributed by atoms with Crippen LogP contribution in [0.25, 0.3) is 0 Å². The van der Waals surface area contributed by atoms with E-state index in [1.54, 1.807) is 14.2 Å². The summed E-state index contributed by atoms with van der Waals surface area (Å²) in [5.41, 5.74) is 6.81. The van der Waals surface area contributed by atoms with Crippen molar-refractivity contribution in [1.29, 1.82) is 0 Å². The number of aryl methyl sites for hydroxylation is 1. The molecule has 0 saturated carbocycles. The Hall–Kier alpha value is -1.46. The Labute approximate surface area is 126 Å². The molecule has 0 bridgehead atoms. The molecule has 1 spiro atoms. The number of fused-ring (bicyclic) bond motifs is 1. The van der Waals surface area contributed by atoms with Gasteiger partial charge in [-0.1, -0.05) is 0 Å². The summed E-state index contributed by atoms with van der Waals surface area (Å²) in [4.78, 5) is 2.39. The molecule has 1 saturated heterocycles. The molecule has 1 fully saturated rings. The van der Waals surface area contributed by atoms with Crippen LogP contribution in [-0.2, 0) is 6.42 Å². The van der Waals surface area contributed by atoms with Gasteiger partial charge in [0.25, 0.3) is 0 Å². The third-order valence-electron chi connectivity index (χ3n) is 4.58. The van der Waals surface area contributed by atoms with E-state index in [2.05, 4.69) is 4.90 Å². The van der Waals surface area contributed by atoms with Crippen molar-refractivity contribution in [3.05, 3.63) is 17.7 Å². The minimum atomic E-state index is -0.0538. The summed E-state index contributed by atoms with van der Waals surface area (Å²) in [5.74, 6) is 2.44. The predicted molar refractivity (Wildman–Crippen MR) is 81.3 cm³/mol. The highest BCUT2D eigenvalue weighted by molar-refractivity contribution is 5.51. The van der Waals surface area contributed by atoms with Crippen molar-refractivity contribution in [2.24, 2.45) is 5.73 Å². The van der Waals surface area contributed by atoms with Crippen LogP contribution in [0.3, 0.4) is 0 Å². The highest BCUT2D eigenvalue weighted by Crippen LogP contribution is 2.43. The van der Waals surface area contributed by atoms with Gasteiger partial charge in [-0.25, -0.2) is 0 Å². The highest BCUT2D eigenvalue weighted by atomic mass is 16.5. The van der Waals surface area contributed by atoms with Crippen LogP contribution in [0, 0.1) is 0 Å². The number of hydrogen-bond acceptors (Lipinski definition) is 5. The van der Waals surface area contributed by atoms with E-state index in [4.69, 9.17) is 19.9 Å². The minimum absolute atomic E-state index is 0.0538. The molecule has 2 aliphatic heterocycles. The number of ether oxygens (including phenoxy) is 3. The molecule has 1 atom stereocenters. The maximum atomic E-state index is 6.38. The Kier molecular flexibility index (Phi) is 3.95. The standard InChI is InChI=1S/C16H24N2O3/c1-19-14-9-12-3-4-16(5-7-18(11-16)8-6-17)21-13(12)10-15(14)20-2/h9-10H,3-8,11,17H2,1-2H3. The Morgan fingerprint density at radius 2 is 2.00 bits per heavy atom. The summed E-state index contributed by atoms with van der Waals surface area (Å²) >= 11 is 0. The van der Waals surface area contributed by atoms with Crippen LogP contribution in [0.1, 0.15) is 18.4 Å². The van der Waals surface area contributed by atoms with E-state index in [1.807, 2.05) is 12.1 Å². The Morgan fingerprint density at radius 3 is 2.71 bits per heavy atom. The summed E-state index contributed by atoms with van der Waals surface area (Å²) in [6.45, 7) is 3.69. The van der Waals surface area contributed by atoms with Crippen molar-refractivity contribution >= 4 is 0 Å². The van der Waals surface area contributed by atoms with Gasteiger partial charge in [0.2, 0.25) is 0 Å². The highest BCUT2D eigenvalue weighted by Gasteiger charge is 2.42. The van der Waals surface area contributed by atoms with Gasteiger partial charge in [0.05, 0.1) is 14.2 Å². The molecule has 0 radical (unpaired) electrons. The van der Waals surface area contributed by atoms with Gasteiger partial charge < -0.3 is 19.9 Å². The minimum Gasteiger partial charge on any atom is -0.493 e. The molecule has 1 aromatic carbocycles. The fourth-order valence-corrected chi connectivity index (χ4v) is 3.43. The maximum Gasteiger partial charge on any atom is 0.164 e. The number of methoxy groups -OCH3 is 2. The molecule has 2 heterocycles. The van der Waals surface area contributed by atoms with Crippen molar-refractivity contribution in [2.75, 3.05) is 40.4 Å². The first-order chi connectivity index (χ1) is 10.2. The Bertz CT molecular complexity index is 520. The zero-order valence-corrected chi connectivity index (χ0v) is 12.9. The second-order valence-electron chi connectivity index (χ2n) is 5.91. The van der Waals surface area contributed by atoms with Crippen LogP contribution in [-0.4, -0.2) is 50.9 Å². The predicted octanol–water partition coefficient (Wildman–Crippen LogP) is 1.43. The summed E-state index contributed by atoms with van der Waals surface area (Å²) in [6, 6.07) is 3.99. The van der Waals surface area contributed by atoms with Crippen LogP contribution in [0.5, 0.6) is 17.2 Å². The third kappa shape index (κ3) is 2.68. The van der Waals surface area contributed by atoms with Gasteiger partial charge in [-0.2, -0.15) is 0 Å². The molecule has 3 rings (SSSR count). The average Bonchev–Trinajstić information content (AvgIpc) is 2.88. The van der Waals surface area contributed by atoms with Crippen LogP contribution in [0.15, 0.2) is 12.1 Å². The number of benzene rings is 1. The molecule has 5 nitrogen and oxygen atoms in total.